The molecule has 4 heteroatoms. The first kappa shape index (κ1) is 14.3. The van der Waals surface area contributed by atoms with Crippen molar-refractivity contribution in [3.63, 3.8) is 0 Å². The zero-order valence-electron chi connectivity index (χ0n) is 11.5. The average molecular weight is 275 g/mol. The summed E-state index contributed by atoms with van der Waals surface area (Å²) >= 11 is 0. The smallest absolute Gasteiger partial charge is 0.139 e. The molecule has 0 saturated heterocycles. The normalized spacial score (nSPS) is 13.6. The standard InChI is InChI=1S/C16H18FNO2/c1-11(18)16(12-5-3-7-14(9-12)19-2)20-15-8-4-6-13(17)10-15/h3-11,16H,18H2,1-2H3. The van der Waals surface area contributed by atoms with Crippen LogP contribution in [-0.2, 0) is 0 Å². The van der Waals surface area contributed by atoms with Crippen molar-refractivity contribution >= 4 is 0 Å². The second-order valence-electron chi connectivity index (χ2n) is 4.63. The molecule has 3 nitrogen and oxygen atoms in total. The molecule has 2 unspecified atom stereocenters. The topological polar surface area (TPSA) is 44.5 Å². The van der Waals surface area contributed by atoms with Gasteiger partial charge in [0.15, 0.2) is 0 Å². The number of methoxy groups -OCH3 is 1. The Morgan fingerprint density at radius 1 is 1.05 bits per heavy atom. The predicted molar refractivity (Wildman–Crippen MR) is 76.4 cm³/mol. The van der Waals surface area contributed by atoms with Crippen molar-refractivity contribution in [2.75, 3.05) is 7.11 Å². The molecule has 0 aliphatic rings. The SMILES string of the molecule is COc1cccc(C(Oc2cccc(F)c2)C(C)N)c1. The van der Waals surface area contributed by atoms with Gasteiger partial charge in [0.2, 0.25) is 0 Å². The van der Waals surface area contributed by atoms with Gasteiger partial charge in [-0.25, -0.2) is 4.39 Å². The van der Waals surface area contributed by atoms with Gasteiger partial charge in [-0.2, -0.15) is 0 Å². The Bertz CT molecular complexity index is 572. The highest BCUT2D eigenvalue weighted by atomic mass is 19.1. The molecule has 2 aromatic carbocycles. The maximum absolute atomic E-state index is 13.2. The highest BCUT2D eigenvalue weighted by Gasteiger charge is 2.19. The lowest BCUT2D eigenvalue weighted by Gasteiger charge is -2.23. The van der Waals surface area contributed by atoms with Crippen LogP contribution in [0, 0.1) is 5.82 Å². The van der Waals surface area contributed by atoms with Crippen molar-refractivity contribution in [2.24, 2.45) is 5.73 Å². The summed E-state index contributed by atoms with van der Waals surface area (Å²) in [6.45, 7) is 1.85. The van der Waals surface area contributed by atoms with Crippen LogP contribution in [0.3, 0.4) is 0 Å². The molecule has 0 bridgehead atoms. The van der Waals surface area contributed by atoms with Crippen LogP contribution in [0.1, 0.15) is 18.6 Å². The molecule has 0 aliphatic heterocycles. The Labute approximate surface area is 118 Å². The van der Waals surface area contributed by atoms with Crippen LogP contribution < -0.4 is 15.2 Å². The van der Waals surface area contributed by atoms with Crippen molar-refractivity contribution in [2.45, 2.75) is 19.1 Å². The molecule has 0 spiro atoms. The second-order valence-corrected chi connectivity index (χ2v) is 4.63. The lowest BCUT2D eigenvalue weighted by atomic mass is 10.0. The third-order valence-electron chi connectivity index (χ3n) is 2.96. The molecule has 0 amide bonds. The van der Waals surface area contributed by atoms with E-state index in [1.807, 2.05) is 31.2 Å². The van der Waals surface area contributed by atoms with E-state index in [4.69, 9.17) is 15.2 Å². The minimum Gasteiger partial charge on any atom is -0.497 e. The van der Waals surface area contributed by atoms with E-state index in [2.05, 4.69) is 0 Å². The second kappa shape index (κ2) is 6.39. The van der Waals surface area contributed by atoms with Crippen LogP contribution in [0.25, 0.3) is 0 Å². The molecule has 2 atom stereocenters. The van der Waals surface area contributed by atoms with Crippen molar-refractivity contribution in [3.8, 4) is 11.5 Å². The summed E-state index contributed by atoms with van der Waals surface area (Å²) in [6, 6.07) is 13.3. The summed E-state index contributed by atoms with van der Waals surface area (Å²) in [6.07, 6.45) is -0.369. The molecule has 20 heavy (non-hydrogen) atoms. The minimum absolute atomic E-state index is 0.245. The molecular formula is C16H18FNO2. The van der Waals surface area contributed by atoms with E-state index < -0.39 is 0 Å². The summed E-state index contributed by atoms with van der Waals surface area (Å²) in [5.41, 5.74) is 6.88. The monoisotopic (exact) mass is 275 g/mol. The van der Waals surface area contributed by atoms with Crippen molar-refractivity contribution in [1.29, 1.82) is 0 Å². The summed E-state index contributed by atoms with van der Waals surface area (Å²) in [4.78, 5) is 0. The Balaban J connectivity index is 2.27. The molecule has 0 fully saturated rings. The number of halogens is 1. The van der Waals surface area contributed by atoms with Gasteiger partial charge < -0.3 is 15.2 Å². The number of benzene rings is 2. The molecular weight excluding hydrogens is 257 g/mol. The van der Waals surface area contributed by atoms with Gasteiger partial charge in [-0.15, -0.1) is 0 Å². The van der Waals surface area contributed by atoms with Crippen molar-refractivity contribution < 1.29 is 13.9 Å². The third-order valence-corrected chi connectivity index (χ3v) is 2.96. The third kappa shape index (κ3) is 3.48. The van der Waals surface area contributed by atoms with Gasteiger partial charge in [0.25, 0.3) is 0 Å². The molecule has 0 aliphatic carbocycles. The highest BCUT2D eigenvalue weighted by Crippen LogP contribution is 2.27. The lowest BCUT2D eigenvalue weighted by molar-refractivity contribution is 0.179. The van der Waals surface area contributed by atoms with Crippen LogP contribution in [0.15, 0.2) is 48.5 Å². The Kier molecular flexibility index (Phi) is 4.58. The molecule has 2 N–H and O–H groups in total. The average Bonchev–Trinajstić information content (AvgIpc) is 2.44. The van der Waals surface area contributed by atoms with E-state index in [1.54, 1.807) is 19.2 Å². The minimum atomic E-state index is -0.369. The van der Waals surface area contributed by atoms with Gasteiger partial charge in [0.1, 0.15) is 23.4 Å². The highest BCUT2D eigenvalue weighted by molar-refractivity contribution is 5.32. The number of hydrogen-bond acceptors (Lipinski definition) is 3. The fourth-order valence-electron chi connectivity index (χ4n) is 1.98. The van der Waals surface area contributed by atoms with Gasteiger partial charge in [-0.3, -0.25) is 0 Å². The Morgan fingerprint density at radius 3 is 2.40 bits per heavy atom. The van der Waals surface area contributed by atoms with Crippen LogP contribution >= 0.6 is 0 Å². The first-order valence-corrected chi connectivity index (χ1v) is 6.42. The van der Waals surface area contributed by atoms with Crippen LogP contribution in [0.4, 0.5) is 4.39 Å². The molecule has 2 rings (SSSR count). The van der Waals surface area contributed by atoms with Gasteiger partial charge in [0, 0.05) is 12.1 Å². The molecule has 2 aromatic rings. The first-order chi connectivity index (χ1) is 9.60. The van der Waals surface area contributed by atoms with E-state index in [0.29, 0.717) is 5.75 Å². The quantitative estimate of drug-likeness (QED) is 0.910. The number of rotatable bonds is 5. The maximum Gasteiger partial charge on any atom is 0.139 e. The summed E-state index contributed by atoms with van der Waals surface area (Å²) in [5, 5.41) is 0. The van der Waals surface area contributed by atoms with Crippen LogP contribution in [-0.4, -0.2) is 13.2 Å². The van der Waals surface area contributed by atoms with E-state index in [-0.39, 0.29) is 18.0 Å². The molecule has 106 valence electrons. The maximum atomic E-state index is 13.2. The summed E-state index contributed by atoms with van der Waals surface area (Å²) < 4.78 is 24.2. The van der Waals surface area contributed by atoms with E-state index in [9.17, 15) is 4.39 Å². The zero-order valence-corrected chi connectivity index (χ0v) is 11.5. The van der Waals surface area contributed by atoms with E-state index in [1.165, 1.54) is 12.1 Å². The molecule has 0 aromatic heterocycles. The molecule has 0 heterocycles. The predicted octanol–water partition coefficient (Wildman–Crippen LogP) is 3.30. The van der Waals surface area contributed by atoms with Gasteiger partial charge in [-0.1, -0.05) is 18.2 Å². The van der Waals surface area contributed by atoms with Gasteiger partial charge in [-0.05, 0) is 36.8 Å². The first-order valence-electron chi connectivity index (χ1n) is 6.42. The van der Waals surface area contributed by atoms with Crippen LogP contribution in [0.5, 0.6) is 11.5 Å². The molecule has 0 radical (unpaired) electrons. The van der Waals surface area contributed by atoms with Crippen molar-refractivity contribution in [3.05, 3.63) is 59.9 Å². The summed E-state index contributed by atoms with van der Waals surface area (Å²) in [5.74, 6) is 0.850. The van der Waals surface area contributed by atoms with E-state index in [0.717, 1.165) is 11.3 Å². The van der Waals surface area contributed by atoms with Crippen LogP contribution in [0.2, 0.25) is 0 Å². The fraction of sp³-hybridized carbons (Fsp3) is 0.250. The number of nitrogens with two attached hydrogens (primary N) is 1. The summed E-state index contributed by atoms with van der Waals surface area (Å²) in [7, 11) is 1.60. The largest absolute Gasteiger partial charge is 0.497 e. The van der Waals surface area contributed by atoms with Gasteiger partial charge >= 0.3 is 0 Å². The lowest BCUT2D eigenvalue weighted by Crippen LogP contribution is -2.29. The van der Waals surface area contributed by atoms with E-state index >= 15 is 0 Å². The number of hydrogen-bond donors (Lipinski definition) is 1. The Hall–Kier alpha value is -2.07. The molecule has 0 saturated carbocycles. The number of ether oxygens (including phenoxy) is 2. The fourth-order valence-corrected chi connectivity index (χ4v) is 1.98. The Morgan fingerprint density at radius 2 is 1.75 bits per heavy atom. The van der Waals surface area contributed by atoms with Crippen molar-refractivity contribution in [1.82, 2.24) is 0 Å². The van der Waals surface area contributed by atoms with Gasteiger partial charge in [0.05, 0.1) is 7.11 Å². The zero-order chi connectivity index (χ0) is 14.5.